The third kappa shape index (κ3) is 17.7. The Morgan fingerprint density at radius 3 is 2.04 bits per heavy atom. The number of nitrogens with two attached hydrogens (primary N) is 1. The Bertz CT molecular complexity index is 454. The summed E-state index contributed by atoms with van der Waals surface area (Å²) in [5.74, 6) is -1.87. The number of carboxylic acids is 2. The van der Waals surface area contributed by atoms with Crippen LogP contribution in [0.4, 0.5) is 0 Å². The molecule has 0 aliphatic heterocycles. The van der Waals surface area contributed by atoms with Crippen molar-refractivity contribution in [3.05, 3.63) is 35.9 Å². The second kappa shape index (κ2) is 17.9. The van der Waals surface area contributed by atoms with E-state index in [0.717, 1.165) is 18.4 Å². The first-order valence-electron chi connectivity index (χ1n) is 8.69. The van der Waals surface area contributed by atoms with Gasteiger partial charge in [0.1, 0.15) is 6.04 Å². The maximum Gasteiger partial charge on any atom is 1.00 e. The summed E-state index contributed by atoms with van der Waals surface area (Å²) in [6.07, 6.45) is 8.73. The van der Waals surface area contributed by atoms with Gasteiger partial charge in [-0.3, -0.25) is 4.79 Å². The van der Waals surface area contributed by atoms with Crippen LogP contribution in [0.1, 0.15) is 63.9 Å². The minimum absolute atomic E-state index is 0. The molecular formula is C19H30NNaO4. The number of carbonyl (C=O) groups excluding carboxylic acids is 1. The third-order valence-electron chi connectivity index (χ3n) is 3.60. The van der Waals surface area contributed by atoms with Crippen LogP contribution >= 0.6 is 0 Å². The van der Waals surface area contributed by atoms with Gasteiger partial charge in [-0.25, -0.2) is 0 Å². The zero-order valence-corrected chi connectivity index (χ0v) is 17.6. The van der Waals surface area contributed by atoms with E-state index in [2.05, 4.69) is 6.92 Å². The maximum absolute atomic E-state index is 10.4. The van der Waals surface area contributed by atoms with Crippen molar-refractivity contribution in [1.82, 2.24) is 0 Å². The van der Waals surface area contributed by atoms with Gasteiger partial charge in [-0.15, -0.1) is 0 Å². The van der Waals surface area contributed by atoms with Gasteiger partial charge in [0.05, 0.1) is 0 Å². The maximum atomic E-state index is 10.4. The molecule has 5 nitrogen and oxygen atoms in total. The molecule has 0 heterocycles. The van der Waals surface area contributed by atoms with Crippen molar-refractivity contribution in [2.45, 2.75) is 70.8 Å². The molecule has 136 valence electrons. The van der Waals surface area contributed by atoms with Crippen molar-refractivity contribution in [3.8, 4) is 0 Å². The molecule has 6 heteroatoms. The average Bonchev–Trinajstić information content (AvgIpc) is 2.55. The average molecular weight is 359 g/mol. The summed E-state index contributed by atoms with van der Waals surface area (Å²) in [6, 6.07) is 8.54. The fourth-order valence-electron chi connectivity index (χ4n) is 2.18. The van der Waals surface area contributed by atoms with Gasteiger partial charge in [0.2, 0.25) is 0 Å². The van der Waals surface area contributed by atoms with Gasteiger partial charge in [0.25, 0.3) is 0 Å². The van der Waals surface area contributed by atoms with Crippen molar-refractivity contribution in [3.63, 3.8) is 0 Å². The molecule has 3 N–H and O–H groups in total. The fourth-order valence-corrected chi connectivity index (χ4v) is 2.18. The standard InChI is InChI=1S/C10H20O2.C9H11NO2.Na/c1-2-3-4-5-6-7-8-9-10(11)12;10-8(9(11)12)6-7-4-2-1-3-5-7;/h2-9H2,1H3,(H,11,12);1-5,8H,6,10H2,(H,11,12);/q;;+1/p-1. The third-order valence-corrected chi connectivity index (χ3v) is 3.60. The molecule has 25 heavy (non-hydrogen) atoms. The fraction of sp³-hybridized carbons (Fsp3) is 0.579. The zero-order chi connectivity index (χ0) is 18.2. The summed E-state index contributed by atoms with van der Waals surface area (Å²) in [7, 11) is 0. The molecule has 0 saturated heterocycles. The van der Waals surface area contributed by atoms with Crippen molar-refractivity contribution < 1.29 is 49.4 Å². The van der Waals surface area contributed by atoms with Crippen molar-refractivity contribution in [2.24, 2.45) is 5.73 Å². The molecule has 1 atom stereocenters. The Morgan fingerprint density at radius 1 is 1.04 bits per heavy atom. The van der Waals surface area contributed by atoms with Gasteiger partial charge in [-0.05, 0) is 24.8 Å². The monoisotopic (exact) mass is 359 g/mol. The summed E-state index contributed by atoms with van der Waals surface area (Å²) in [5, 5.41) is 18.5. The first-order valence-corrected chi connectivity index (χ1v) is 8.69. The molecule has 0 spiro atoms. The van der Waals surface area contributed by atoms with Gasteiger partial charge in [0, 0.05) is 5.97 Å². The van der Waals surface area contributed by atoms with E-state index in [1.165, 1.54) is 32.1 Å². The van der Waals surface area contributed by atoms with Crippen molar-refractivity contribution in [1.29, 1.82) is 0 Å². The summed E-state index contributed by atoms with van der Waals surface area (Å²) < 4.78 is 0. The molecule has 1 aromatic rings. The molecule has 0 aliphatic carbocycles. The number of carboxylic acid groups (broad SMARTS) is 2. The summed E-state index contributed by atoms with van der Waals surface area (Å²) in [5.41, 5.74) is 6.30. The molecule has 0 saturated carbocycles. The molecule has 0 fully saturated rings. The number of aliphatic carboxylic acids is 2. The minimum atomic E-state index is -0.959. The number of benzene rings is 1. The van der Waals surface area contributed by atoms with E-state index >= 15 is 0 Å². The summed E-state index contributed by atoms with van der Waals surface area (Å²) in [4.78, 5) is 20.4. The summed E-state index contributed by atoms with van der Waals surface area (Å²) >= 11 is 0. The minimum Gasteiger partial charge on any atom is -0.550 e. The molecule has 0 bridgehead atoms. The van der Waals surface area contributed by atoms with Gasteiger partial charge < -0.3 is 20.7 Å². The van der Waals surface area contributed by atoms with Gasteiger partial charge in [-0.2, -0.15) is 0 Å². The van der Waals surface area contributed by atoms with Crippen LogP contribution in [0.25, 0.3) is 0 Å². The smallest absolute Gasteiger partial charge is 0.550 e. The SMILES string of the molecule is CCCCCCCCCC(=O)[O-].NC(Cc1ccccc1)C(=O)O.[Na+]. The Balaban J connectivity index is 0. The van der Waals surface area contributed by atoms with Gasteiger partial charge in [-0.1, -0.05) is 75.8 Å². The van der Waals surface area contributed by atoms with Crippen LogP contribution in [-0.4, -0.2) is 23.1 Å². The van der Waals surface area contributed by atoms with E-state index in [1.807, 2.05) is 30.3 Å². The van der Waals surface area contributed by atoms with E-state index in [9.17, 15) is 14.7 Å². The van der Waals surface area contributed by atoms with Crippen LogP contribution in [0.2, 0.25) is 0 Å². The predicted molar refractivity (Wildman–Crippen MR) is 93.4 cm³/mol. The van der Waals surface area contributed by atoms with E-state index in [1.54, 1.807) is 0 Å². The van der Waals surface area contributed by atoms with Gasteiger partial charge in [0.15, 0.2) is 0 Å². The number of hydrogen-bond acceptors (Lipinski definition) is 4. The largest absolute Gasteiger partial charge is 1.00 e. The quantitative estimate of drug-likeness (QED) is 0.410. The van der Waals surface area contributed by atoms with Crippen LogP contribution in [0, 0.1) is 0 Å². The molecule has 1 unspecified atom stereocenters. The Labute approximate surface area is 173 Å². The molecular weight excluding hydrogens is 329 g/mol. The molecule has 0 aliphatic rings. The normalized spacial score (nSPS) is 10.8. The molecule has 0 aromatic heterocycles. The summed E-state index contributed by atoms with van der Waals surface area (Å²) in [6.45, 7) is 2.19. The van der Waals surface area contributed by atoms with Crippen molar-refractivity contribution in [2.75, 3.05) is 0 Å². The number of unbranched alkanes of at least 4 members (excludes halogenated alkanes) is 6. The topological polar surface area (TPSA) is 103 Å². The number of rotatable bonds is 11. The Hall–Kier alpha value is -0.880. The molecule has 1 rings (SSSR count). The van der Waals surface area contributed by atoms with E-state index in [-0.39, 0.29) is 36.0 Å². The van der Waals surface area contributed by atoms with Crippen LogP contribution in [-0.2, 0) is 16.0 Å². The first kappa shape index (κ1) is 26.4. The second-order valence-electron chi connectivity index (χ2n) is 5.88. The molecule has 0 amide bonds. The van der Waals surface area contributed by atoms with Crippen LogP contribution in [0.15, 0.2) is 30.3 Å². The van der Waals surface area contributed by atoms with Gasteiger partial charge >= 0.3 is 35.5 Å². The van der Waals surface area contributed by atoms with Crippen LogP contribution in [0.5, 0.6) is 0 Å². The zero-order valence-electron chi connectivity index (χ0n) is 15.6. The Kier molecular flexibility index (Phi) is 18.9. The van der Waals surface area contributed by atoms with Crippen LogP contribution in [0.3, 0.4) is 0 Å². The number of hydrogen-bond donors (Lipinski definition) is 2. The van der Waals surface area contributed by atoms with E-state index in [0.29, 0.717) is 6.42 Å². The van der Waals surface area contributed by atoms with Crippen LogP contribution < -0.4 is 40.4 Å². The van der Waals surface area contributed by atoms with E-state index in [4.69, 9.17) is 10.8 Å². The molecule has 0 radical (unpaired) electrons. The molecule has 1 aromatic carbocycles. The Morgan fingerprint density at radius 2 is 1.56 bits per heavy atom. The second-order valence-corrected chi connectivity index (χ2v) is 5.88. The van der Waals surface area contributed by atoms with E-state index < -0.39 is 18.0 Å². The predicted octanol–water partition coefficient (Wildman–Crippen LogP) is -0.478. The van der Waals surface area contributed by atoms with Crippen molar-refractivity contribution >= 4 is 11.9 Å². The number of carbonyl (C=O) groups is 2. The first-order chi connectivity index (χ1) is 11.5.